The fourth-order valence-electron chi connectivity index (χ4n) is 3.10. The predicted molar refractivity (Wildman–Crippen MR) is 97.5 cm³/mol. The van der Waals surface area contributed by atoms with Gasteiger partial charge in [-0.2, -0.15) is 0 Å². The normalized spacial score (nSPS) is 14.0. The van der Waals surface area contributed by atoms with Gasteiger partial charge < -0.3 is 0 Å². The van der Waals surface area contributed by atoms with Gasteiger partial charge in [-0.15, -0.1) is 0 Å². The summed E-state index contributed by atoms with van der Waals surface area (Å²) in [7, 11) is 0. The monoisotopic (exact) mass is 353 g/mol. The van der Waals surface area contributed by atoms with Crippen LogP contribution in [0, 0.1) is 10.1 Å². The Morgan fingerprint density at radius 2 is 1.33 bits per heavy atom. The minimum Gasteiger partial charge on any atom is -0.258 e. The van der Waals surface area contributed by atoms with Crippen molar-refractivity contribution in [3.63, 3.8) is 0 Å². The second-order valence-corrected chi connectivity index (χ2v) is 7.56. The minimum absolute atomic E-state index is 0.0735. The Morgan fingerprint density at radius 3 is 1.92 bits per heavy atom. The molecule has 0 heterocycles. The van der Waals surface area contributed by atoms with Gasteiger partial charge in [0.2, 0.25) is 0 Å². The number of benzene rings is 3. The second-order valence-electron chi connectivity index (χ2n) is 5.51. The third kappa shape index (κ3) is 2.22. The number of nitro benzene ring substituents is 1. The van der Waals surface area contributed by atoms with Crippen LogP contribution in [0.15, 0.2) is 77.7 Å². The largest absolute Gasteiger partial charge is 0.282 e. The summed E-state index contributed by atoms with van der Waals surface area (Å²) in [6.07, 6.45) is 0. The minimum atomic E-state index is -0.876. The molecule has 0 saturated carbocycles. The van der Waals surface area contributed by atoms with Crippen LogP contribution >= 0.6 is 23.4 Å². The summed E-state index contributed by atoms with van der Waals surface area (Å²) < 4.78 is -0.876. The lowest BCUT2D eigenvalue weighted by Gasteiger charge is -2.23. The highest BCUT2D eigenvalue weighted by Gasteiger charge is 2.43. The third-order valence-corrected chi connectivity index (χ3v) is 6.07. The Balaban J connectivity index is 1.91. The van der Waals surface area contributed by atoms with Crippen molar-refractivity contribution >= 4 is 29.1 Å². The van der Waals surface area contributed by atoms with Gasteiger partial charge in [0.1, 0.15) is 4.21 Å². The maximum absolute atomic E-state index is 11.3. The smallest absolute Gasteiger partial charge is 0.258 e. The molecule has 0 aromatic heterocycles. The first-order valence-electron chi connectivity index (χ1n) is 7.42. The molecular formula is C19H12ClNO2S. The maximum Gasteiger partial charge on any atom is 0.282 e. The topological polar surface area (TPSA) is 43.1 Å². The molecule has 1 aliphatic rings. The fourth-order valence-corrected chi connectivity index (χ4v) is 4.95. The molecule has 0 N–H and O–H groups in total. The van der Waals surface area contributed by atoms with E-state index in [0.717, 1.165) is 22.3 Å². The highest BCUT2D eigenvalue weighted by molar-refractivity contribution is 8.01. The van der Waals surface area contributed by atoms with Gasteiger partial charge in [0.05, 0.1) is 9.82 Å². The molecule has 0 radical (unpaired) electrons. The van der Waals surface area contributed by atoms with Crippen molar-refractivity contribution in [1.82, 2.24) is 0 Å². The van der Waals surface area contributed by atoms with E-state index >= 15 is 0 Å². The van der Waals surface area contributed by atoms with Crippen LogP contribution in [0.2, 0.25) is 0 Å². The summed E-state index contributed by atoms with van der Waals surface area (Å²) >= 11 is 8.40. The van der Waals surface area contributed by atoms with E-state index in [4.69, 9.17) is 11.6 Å². The van der Waals surface area contributed by atoms with E-state index in [1.165, 1.54) is 17.8 Å². The Hall–Kier alpha value is -2.30. The average molecular weight is 354 g/mol. The van der Waals surface area contributed by atoms with Crippen molar-refractivity contribution in [3.8, 4) is 11.1 Å². The molecule has 0 bridgehead atoms. The van der Waals surface area contributed by atoms with Gasteiger partial charge in [0.15, 0.2) is 0 Å². The Labute approximate surface area is 148 Å². The third-order valence-electron chi connectivity index (χ3n) is 4.15. The van der Waals surface area contributed by atoms with Crippen molar-refractivity contribution < 1.29 is 4.92 Å². The lowest BCUT2D eigenvalue weighted by Crippen LogP contribution is -2.12. The van der Waals surface area contributed by atoms with Crippen molar-refractivity contribution in [3.05, 3.63) is 94.0 Å². The summed E-state index contributed by atoms with van der Waals surface area (Å²) in [6.45, 7) is 0. The SMILES string of the molecule is O=[N+]([O-])c1ccccc1SC1(Cl)c2ccccc2-c2ccccc21. The number of rotatable bonds is 3. The summed E-state index contributed by atoms with van der Waals surface area (Å²) in [6, 6.07) is 22.6. The standard InChI is InChI=1S/C19H12ClNO2S/c20-19(24-18-12-6-5-11-17(18)21(22)23)15-9-3-1-7-13(15)14-8-2-4-10-16(14)19/h1-12H. The van der Waals surface area contributed by atoms with Crippen LogP contribution in [0.4, 0.5) is 5.69 Å². The van der Waals surface area contributed by atoms with Crippen molar-refractivity contribution in [2.24, 2.45) is 0 Å². The van der Waals surface area contributed by atoms with Gasteiger partial charge in [0, 0.05) is 6.07 Å². The molecule has 3 aromatic rings. The van der Waals surface area contributed by atoms with Crippen LogP contribution in [0.1, 0.15) is 11.1 Å². The quantitative estimate of drug-likeness (QED) is 0.339. The van der Waals surface area contributed by atoms with E-state index < -0.39 is 4.21 Å². The van der Waals surface area contributed by atoms with Gasteiger partial charge in [-0.1, -0.05) is 84.0 Å². The van der Waals surface area contributed by atoms with Crippen molar-refractivity contribution in [2.75, 3.05) is 0 Å². The summed E-state index contributed by atoms with van der Waals surface area (Å²) in [5, 5.41) is 11.3. The van der Waals surface area contributed by atoms with Crippen LogP contribution in [0.5, 0.6) is 0 Å². The van der Waals surface area contributed by atoms with E-state index in [9.17, 15) is 10.1 Å². The van der Waals surface area contributed by atoms with Gasteiger partial charge in [0.25, 0.3) is 5.69 Å². The van der Waals surface area contributed by atoms with E-state index in [2.05, 4.69) is 0 Å². The molecule has 0 saturated heterocycles. The first kappa shape index (κ1) is 15.2. The number of nitro groups is 1. The number of fused-ring (bicyclic) bond motifs is 3. The van der Waals surface area contributed by atoms with E-state index in [1.807, 2.05) is 48.5 Å². The zero-order chi connectivity index (χ0) is 16.7. The van der Waals surface area contributed by atoms with Crippen LogP contribution in [-0.2, 0) is 4.21 Å². The molecule has 24 heavy (non-hydrogen) atoms. The first-order valence-corrected chi connectivity index (χ1v) is 8.61. The van der Waals surface area contributed by atoms with Gasteiger partial charge >= 0.3 is 0 Å². The molecule has 0 spiro atoms. The molecular weight excluding hydrogens is 342 g/mol. The number of alkyl halides is 1. The lowest BCUT2D eigenvalue weighted by atomic mass is 10.1. The second kappa shape index (κ2) is 5.65. The highest BCUT2D eigenvalue weighted by Crippen LogP contribution is 2.60. The Bertz CT molecular complexity index is 912. The van der Waals surface area contributed by atoms with Crippen LogP contribution in [0.3, 0.4) is 0 Å². The zero-order valence-electron chi connectivity index (χ0n) is 12.5. The number of para-hydroxylation sites is 1. The summed E-state index contributed by atoms with van der Waals surface area (Å²) in [4.78, 5) is 11.5. The Kier molecular flexibility index (Phi) is 3.59. The molecule has 4 rings (SSSR count). The molecule has 3 nitrogen and oxygen atoms in total. The first-order chi connectivity index (χ1) is 11.6. The number of nitrogens with zero attached hydrogens (tertiary/aromatic N) is 1. The molecule has 3 aromatic carbocycles. The van der Waals surface area contributed by atoms with Crippen molar-refractivity contribution in [2.45, 2.75) is 9.10 Å². The number of halogens is 1. The summed E-state index contributed by atoms with van der Waals surface area (Å²) in [5.41, 5.74) is 4.17. The van der Waals surface area contributed by atoms with Gasteiger partial charge in [-0.05, 0) is 28.3 Å². The molecule has 5 heteroatoms. The Morgan fingerprint density at radius 1 is 0.833 bits per heavy atom. The molecule has 0 amide bonds. The molecule has 0 fully saturated rings. The lowest BCUT2D eigenvalue weighted by molar-refractivity contribution is -0.387. The molecule has 0 aliphatic heterocycles. The number of hydrogen-bond donors (Lipinski definition) is 0. The number of hydrogen-bond acceptors (Lipinski definition) is 3. The van der Waals surface area contributed by atoms with Crippen LogP contribution < -0.4 is 0 Å². The predicted octanol–water partition coefficient (Wildman–Crippen LogP) is 5.81. The molecule has 0 atom stereocenters. The van der Waals surface area contributed by atoms with E-state index in [-0.39, 0.29) is 10.6 Å². The van der Waals surface area contributed by atoms with Crippen LogP contribution in [0.25, 0.3) is 11.1 Å². The average Bonchev–Trinajstić information content (AvgIpc) is 2.85. The van der Waals surface area contributed by atoms with Gasteiger partial charge in [-0.25, -0.2) is 0 Å². The van der Waals surface area contributed by atoms with Crippen molar-refractivity contribution in [1.29, 1.82) is 0 Å². The fraction of sp³-hybridized carbons (Fsp3) is 0.0526. The maximum atomic E-state index is 11.3. The van der Waals surface area contributed by atoms with E-state index in [1.54, 1.807) is 18.2 Å². The van der Waals surface area contributed by atoms with Crippen LogP contribution in [-0.4, -0.2) is 4.92 Å². The molecule has 0 unspecified atom stereocenters. The summed E-state index contributed by atoms with van der Waals surface area (Å²) in [5.74, 6) is 0. The van der Waals surface area contributed by atoms with Gasteiger partial charge in [-0.3, -0.25) is 10.1 Å². The molecule has 118 valence electrons. The number of thioether (sulfide) groups is 1. The molecule has 1 aliphatic carbocycles. The van der Waals surface area contributed by atoms with E-state index in [0.29, 0.717) is 4.90 Å². The zero-order valence-corrected chi connectivity index (χ0v) is 14.1. The highest BCUT2D eigenvalue weighted by atomic mass is 35.5.